The molecule has 1 aliphatic heterocycles. The van der Waals surface area contributed by atoms with E-state index in [2.05, 4.69) is 18.7 Å². The van der Waals surface area contributed by atoms with E-state index >= 15 is 0 Å². The largest absolute Gasteiger partial charge is 0.346 e. The fourth-order valence-corrected chi connectivity index (χ4v) is 4.91. The van der Waals surface area contributed by atoms with Crippen molar-refractivity contribution in [2.75, 3.05) is 33.2 Å². The van der Waals surface area contributed by atoms with Crippen LogP contribution in [0.1, 0.15) is 84.5 Å². The van der Waals surface area contributed by atoms with Crippen molar-refractivity contribution in [1.82, 2.24) is 9.80 Å². The highest BCUT2D eigenvalue weighted by Gasteiger charge is 2.48. The van der Waals surface area contributed by atoms with Crippen molar-refractivity contribution in [3.63, 3.8) is 0 Å². The highest BCUT2D eigenvalue weighted by atomic mass is 16.2. The van der Waals surface area contributed by atoms with E-state index in [0.29, 0.717) is 11.8 Å². The van der Waals surface area contributed by atoms with Gasteiger partial charge in [-0.3, -0.25) is 4.79 Å². The number of hydrogen-bond donors (Lipinski definition) is 0. The van der Waals surface area contributed by atoms with Crippen molar-refractivity contribution in [3.05, 3.63) is 0 Å². The predicted octanol–water partition coefficient (Wildman–Crippen LogP) is 4.71. The number of carbonyl (C=O) groups excluding carboxylic acids is 1. The number of carbonyl (C=O) groups is 1. The monoisotopic (exact) mass is 336 g/mol. The lowest BCUT2D eigenvalue weighted by atomic mass is 9.63. The zero-order valence-corrected chi connectivity index (χ0v) is 16.5. The molecular formula is C21H40N2O. The second kappa shape index (κ2) is 9.79. The molecule has 1 amide bonds. The number of piperidine rings is 1. The van der Waals surface area contributed by atoms with Crippen LogP contribution in [0.3, 0.4) is 0 Å². The van der Waals surface area contributed by atoms with Crippen LogP contribution in [-0.2, 0) is 4.79 Å². The molecule has 0 unspecified atom stereocenters. The van der Waals surface area contributed by atoms with Crippen LogP contribution in [0.5, 0.6) is 0 Å². The summed E-state index contributed by atoms with van der Waals surface area (Å²) < 4.78 is 0. The third-order valence-corrected chi connectivity index (χ3v) is 6.71. The lowest BCUT2D eigenvalue weighted by molar-refractivity contribution is -0.149. The summed E-state index contributed by atoms with van der Waals surface area (Å²) in [6.07, 6.45) is 14.1. The van der Waals surface area contributed by atoms with Gasteiger partial charge in [0.05, 0.1) is 5.41 Å². The van der Waals surface area contributed by atoms with E-state index in [1.54, 1.807) is 0 Å². The van der Waals surface area contributed by atoms with E-state index in [1.165, 1.54) is 64.3 Å². The SMILES string of the molecule is CCCCCCN1CCC(C(=O)N(C)CC)(C2CCCCC2)CC1. The molecular weight excluding hydrogens is 296 g/mol. The fourth-order valence-electron chi connectivity index (χ4n) is 4.91. The average molecular weight is 337 g/mol. The van der Waals surface area contributed by atoms with Crippen molar-refractivity contribution in [3.8, 4) is 0 Å². The summed E-state index contributed by atoms with van der Waals surface area (Å²) in [5.41, 5.74) is -0.0505. The van der Waals surface area contributed by atoms with Gasteiger partial charge in [-0.2, -0.15) is 0 Å². The molecule has 1 saturated heterocycles. The number of nitrogens with zero attached hydrogens (tertiary/aromatic N) is 2. The van der Waals surface area contributed by atoms with Crippen LogP contribution < -0.4 is 0 Å². The van der Waals surface area contributed by atoms with Crippen molar-refractivity contribution in [1.29, 1.82) is 0 Å². The van der Waals surface area contributed by atoms with E-state index in [1.807, 2.05) is 11.9 Å². The van der Waals surface area contributed by atoms with Crippen molar-refractivity contribution in [2.24, 2.45) is 11.3 Å². The predicted molar refractivity (Wildman–Crippen MR) is 102 cm³/mol. The highest BCUT2D eigenvalue weighted by molar-refractivity contribution is 5.83. The van der Waals surface area contributed by atoms with Crippen LogP contribution >= 0.6 is 0 Å². The molecule has 0 aromatic heterocycles. The van der Waals surface area contributed by atoms with Gasteiger partial charge in [-0.05, 0) is 64.6 Å². The summed E-state index contributed by atoms with van der Waals surface area (Å²) in [5, 5.41) is 0. The first-order chi connectivity index (χ1) is 11.6. The van der Waals surface area contributed by atoms with E-state index in [0.717, 1.165) is 32.5 Å². The second-order valence-electron chi connectivity index (χ2n) is 8.21. The molecule has 3 heteroatoms. The number of unbranched alkanes of at least 4 members (excludes halogenated alkanes) is 3. The maximum Gasteiger partial charge on any atom is 0.228 e. The number of amides is 1. The van der Waals surface area contributed by atoms with Crippen LogP contribution in [-0.4, -0.2) is 48.9 Å². The Kier molecular flexibility index (Phi) is 8.06. The third kappa shape index (κ3) is 4.74. The van der Waals surface area contributed by atoms with Gasteiger partial charge in [0, 0.05) is 13.6 Å². The molecule has 0 spiro atoms. The van der Waals surface area contributed by atoms with Crippen molar-refractivity contribution >= 4 is 5.91 Å². The van der Waals surface area contributed by atoms with E-state index < -0.39 is 0 Å². The summed E-state index contributed by atoms with van der Waals surface area (Å²) in [5.74, 6) is 1.08. The van der Waals surface area contributed by atoms with Crippen molar-refractivity contribution < 1.29 is 4.79 Å². The van der Waals surface area contributed by atoms with E-state index in [-0.39, 0.29) is 5.41 Å². The van der Waals surface area contributed by atoms with E-state index in [9.17, 15) is 4.79 Å². The Balaban J connectivity index is 1.97. The molecule has 0 aromatic rings. The maximum absolute atomic E-state index is 13.3. The minimum atomic E-state index is -0.0505. The molecule has 0 bridgehead atoms. The number of hydrogen-bond acceptors (Lipinski definition) is 2. The van der Waals surface area contributed by atoms with Crippen LogP contribution in [0.2, 0.25) is 0 Å². The first kappa shape index (κ1) is 19.8. The molecule has 0 radical (unpaired) electrons. The lowest BCUT2D eigenvalue weighted by Gasteiger charge is -2.48. The smallest absolute Gasteiger partial charge is 0.228 e. The first-order valence-corrected chi connectivity index (χ1v) is 10.6. The quantitative estimate of drug-likeness (QED) is 0.599. The summed E-state index contributed by atoms with van der Waals surface area (Å²) in [6, 6.07) is 0. The molecule has 3 nitrogen and oxygen atoms in total. The Labute approximate surface area is 150 Å². The molecule has 0 aromatic carbocycles. The van der Waals surface area contributed by atoms with Gasteiger partial charge in [0.15, 0.2) is 0 Å². The summed E-state index contributed by atoms with van der Waals surface area (Å²) in [6.45, 7) is 8.72. The topological polar surface area (TPSA) is 23.6 Å². The molecule has 2 aliphatic rings. The Morgan fingerprint density at radius 2 is 1.71 bits per heavy atom. The molecule has 24 heavy (non-hydrogen) atoms. The van der Waals surface area contributed by atoms with Gasteiger partial charge in [-0.25, -0.2) is 0 Å². The molecule has 1 heterocycles. The van der Waals surface area contributed by atoms with Gasteiger partial charge in [-0.15, -0.1) is 0 Å². The standard InChI is InChI=1S/C21H40N2O/c1-4-6-7-11-16-23-17-14-21(15-18-23,20(24)22(3)5-2)19-12-9-8-10-13-19/h19H,4-18H2,1-3H3. The summed E-state index contributed by atoms with van der Waals surface area (Å²) in [7, 11) is 2.00. The third-order valence-electron chi connectivity index (χ3n) is 6.71. The van der Waals surface area contributed by atoms with Gasteiger partial charge < -0.3 is 9.80 Å². The number of rotatable bonds is 8. The number of likely N-dealkylation sites (tertiary alicyclic amines) is 1. The molecule has 2 fully saturated rings. The summed E-state index contributed by atoms with van der Waals surface area (Å²) >= 11 is 0. The zero-order chi connectivity index (χ0) is 17.4. The Bertz CT molecular complexity index is 368. The Hall–Kier alpha value is -0.570. The Morgan fingerprint density at radius 1 is 1.04 bits per heavy atom. The normalized spacial score (nSPS) is 22.5. The van der Waals surface area contributed by atoms with Gasteiger partial charge in [-0.1, -0.05) is 45.4 Å². The highest BCUT2D eigenvalue weighted by Crippen LogP contribution is 2.47. The maximum atomic E-state index is 13.3. The molecule has 2 rings (SSSR count). The van der Waals surface area contributed by atoms with Crippen LogP contribution in [0.25, 0.3) is 0 Å². The van der Waals surface area contributed by atoms with Gasteiger partial charge in [0.25, 0.3) is 0 Å². The van der Waals surface area contributed by atoms with Gasteiger partial charge >= 0.3 is 0 Å². The minimum absolute atomic E-state index is 0.0505. The molecule has 1 aliphatic carbocycles. The summed E-state index contributed by atoms with van der Waals surface area (Å²) in [4.78, 5) is 17.9. The zero-order valence-electron chi connectivity index (χ0n) is 16.5. The molecule has 0 atom stereocenters. The average Bonchev–Trinajstić information content (AvgIpc) is 2.65. The second-order valence-corrected chi connectivity index (χ2v) is 8.21. The fraction of sp³-hybridized carbons (Fsp3) is 0.952. The van der Waals surface area contributed by atoms with Gasteiger partial charge in [0.2, 0.25) is 5.91 Å². The van der Waals surface area contributed by atoms with Crippen LogP contribution in [0.15, 0.2) is 0 Å². The van der Waals surface area contributed by atoms with Gasteiger partial charge in [0.1, 0.15) is 0 Å². The lowest BCUT2D eigenvalue weighted by Crippen LogP contribution is -2.53. The molecule has 140 valence electrons. The van der Waals surface area contributed by atoms with Crippen molar-refractivity contribution in [2.45, 2.75) is 84.5 Å². The molecule has 0 N–H and O–H groups in total. The molecule has 1 saturated carbocycles. The minimum Gasteiger partial charge on any atom is -0.346 e. The van der Waals surface area contributed by atoms with Crippen LogP contribution in [0, 0.1) is 11.3 Å². The Morgan fingerprint density at radius 3 is 2.29 bits per heavy atom. The van der Waals surface area contributed by atoms with Crippen LogP contribution in [0.4, 0.5) is 0 Å². The first-order valence-electron chi connectivity index (χ1n) is 10.6. The van der Waals surface area contributed by atoms with E-state index in [4.69, 9.17) is 0 Å².